The number of carbonyl (C=O) groups is 1. The molecule has 0 radical (unpaired) electrons. The first-order valence-corrected chi connectivity index (χ1v) is 10.1. The van der Waals surface area contributed by atoms with E-state index in [0.717, 1.165) is 42.6 Å². The second kappa shape index (κ2) is 5.69. The second-order valence-corrected chi connectivity index (χ2v) is 9.22. The van der Waals surface area contributed by atoms with Crippen LogP contribution in [-0.4, -0.2) is 34.7 Å². The number of fused-ring (bicyclic) bond motifs is 5. The summed E-state index contributed by atoms with van der Waals surface area (Å²) in [5.41, 5.74) is 5.24. The molecule has 1 fully saturated rings. The van der Waals surface area contributed by atoms with Gasteiger partial charge in [0.25, 0.3) is 5.91 Å². The van der Waals surface area contributed by atoms with Crippen molar-refractivity contribution in [3.63, 3.8) is 0 Å². The fourth-order valence-electron chi connectivity index (χ4n) is 5.55. The molecule has 4 heteroatoms. The third kappa shape index (κ3) is 2.24. The number of rotatable bonds is 1. The highest BCUT2D eigenvalue weighted by atomic mass is 16.3. The van der Waals surface area contributed by atoms with E-state index in [2.05, 4.69) is 30.7 Å². The molecule has 2 aromatic rings. The zero-order chi connectivity index (χ0) is 19.7. The zero-order valence-corrected chi connectivity index (χ0v) is 16.7. The molecule has 0 aromatic heterocycles. The summed E-state index contributed by atoms with van der Waals surface area (Å²) in [6.07, 6.45) is 4.44. The van der Waals surface area contributed by atoms with Gasteiger partial charge in [-0.25, -0.2) is 0 Å². The Morgan fingerprint density at radius 1 is 1.14 bits per heavy atom. The molecular weight excluding hydrogens is 348 g/mol. The van der Waals surface area contributed by atoms with Gasteiger partial charge in [0.15, 0.2) is 0 Å². The van der Waals surface area contributed by atoms with Crippen LogP contribution >= 0.6 is 0 Å². The number of aromatic hydroxyl groups is 1. The van der Waals surface area contributed by atoms with E-state index in [0.29, 0.717) is 5.75 Å². The van der Waals surface area contributed by atoms with Crippen LogP contribution in [0.5, 0.6) is 5.75 Å². The lowest BCUT2D eigenvalue weighted by Gasteiger charge is -2.60. The van der Waals surface area contributed by atoms with Gasteiger partial charge in [-0.3, -0.25) is 9.79 Å². The maximum absolute atomic E-state index is 13.5. The molecule has 3 aliphatic rings. The molecule has 1 saturated heterocycles. The number of likely N-dealkylation sites (tertiary alicyclic amines) is 1. The number of phenolic OH excluding ortho intramolecular Hbond substituents is 1. The Labute approximate surface area is 165 Å². The second-order valence-electron chi connectivity index (χ2n) is 9.22. The monoisotopic (exact) mass is 374 g/mol. The number of phenols is 1. The number of amides is 1. The van der Waals surface area contributed by atoms with Crippen molar-refractivity contribution in [2.45, 2.75) is 51.5 Å². The van der Waals surface area contributed by atoms with Crippen molar-refractivity contribution in [3.8, 4) is 5.75 Å². The SMILES string of the molecule is CC1(C)[C@@H]2Cc3ccc(O)cc3[C@@]1(C)CCN2C(=O)c1ccc2c(c1)CC=N2. The Morgan fingerprint density at radius 3 is 2.79 bits per heavy atom. The third-order valence-corrected chi connectivity index (χ3v) is 7.71. The molecule has 2 aliphatic heterocycles. The number of hydrogen-bond donors (Lipinski definition) is 1. The van der Waals surface area contributed by atoms with Gasteiger partial charge < -0.3 is 10.0 Å². The lowest BCUT2D eigenvalue weighted by Crippen LogP contribution is -2.64. The Hall–Kier alpha value is -2.62. The van der Waals surface area contributed by atoms with Gasteiger partial charge in [0.1, 0.15) is 5.75 Å². The molecule has 1 aliphatic carbocycles. The van der Waals surface area contributed by atoms with Gasteiger partial charge in [-0.15, -0.1) is 0 Å². The van der Waals surface area contributed by atoms with E-state index in [1.165, 1.54) is 11.1 Å². The number of benzene rings is 2. The number of nitrogens with zero attached hydrogens (tertiary/aromatic N) is 2. The van der Waals surface area contributed by atoms with Crippen molar-refractivity contribution in [1.29, 1.82) is 0 Å². The maximum Gasteiger partial charge on any atom is 0.254 e. The van der Waals surface area contributed by atoms with E-state index < -0.39 is 0 Å². The largest absolute Gasteiger partial charge is 0.508 e. The molecular formula is C24H26N2O2. The summed E-state index contributed by atoms with van der Waals surface area (Å²) in [5.74, 6) is 0.449. The van der Waals surface area contributed by atoms with Crippen molar-refractivity contribution in [1.82, 2.24) is 4.90 Å². The van der Waals surface area contributed by atoms with Gasteiger partial charge in [0.05, 0.1) is 5.69 Å². The lowest BCUT2D eigenvalue weighted by molar-refractivity contribution is -0.0263. The fourth-order valence-corrected chi connectivity index (χ4v) is 5.55. The average molecular weight is 374 g/mol. The third-order valence-electron chi connectivity index (χ3n) is 7.71. The quantitative estimate of drug-likeness (QED) is 0.804. The minimum Gasteiger partial charge on any atom is -0.508 e. The van der Waals surface area contributed by atoms with Crippen LogP contribution in [0.15, 0.2) is 41.4 Å². The molecule has 2 atom stereocenters. The van der Waals surface area contributed by atoms with Crippen LogP contribution in [0.3, 0.4) is 0 Å². The summed E-state index contributed by atoms with van der Waals surface area (Å²) >= 11 is 0. The molecule has 2 heterocycles. The molecule has 0 saturated carbocycles. The first-order chi connectivity index (χ1) is 13.3. The van der Waals surface area contributed by atoms with Gasteiger partial charge >= 0.3 is 0 Å². The summed E-state index contributed by atoms with van der Waals surface area (Å²) in [5, 5.41) is 10.1. The van der Waals surface area contributed by atoms with Gasteiger partial charge in [0.2, 0.25) is 0 Å². The molecule has 0 unspecified atom stereocenters. The summed E-state index contributed by atoms with van der Waals surface area (Å²) in [6, 6.07) is 11.8. The molecule has 4 nitrogen and oxygen atoms in total. The Bertz CT molecular complexity index is 1020. The van der Waals surface area contributed by atoms with Gasteiger partial charge in [-0.05, 0) is 65.3 Å². The predicted octanol–water partition coefficient (Wildman–Crippen LogP) is 4.41. The maximum atomic E-state index is 13.5. The summed E-state index contributed by atoms with van der Waals surface area (Å²) in [4.78, 5) is 20.0. The predicted molar refractivity (Wildman–Crippen MR) is 111 cm³/mol. The topological polar surface area (TPSA) is 52.9 Å². The molecule has 28 heavy (non-hydrogen) atoms. The van der Waals surface area contributed by atoms with Gasteiger partial charge in [-0.2, -0.15) is 0 Å². The Balaban J connectivity index is 1.54. The van der Waals surface area contributed by atoms with Gasteiger partial charge in [-0.1, -0.05) is 26.8 Å². The number of piperidine rings is 1. The Kier molecular flexibility index (Phi) is 3.55. The molecule has 5 rings (SSSR count). The molecule has 1 amide bonds. The first-order valence-electron chi connectivity index (χ1n) is 10.1. The number of aliphatic imine (C=N–C) groups is 1. The minimum atomic E-state index is -0.0818. The smallest absolute Gasteiger partial charge is 0.254 e. The molecule has 0 spiro atoms. The molecule has 2 aromatic carbocycles. The van der Waals surface area contributed by atoms with E-state index in [-0.39, 0.29) is 22.8 Å². The Morgan fingerprint density at radius 2 is 1.96 bits per heavy atom. The van der Waals surface area contributed by atoms with Crippen LogP contribution in [0.25, 0.3) is 0 Å². The van der Waals surface area contributed by atoms with Crippen LogP contribution in [0.2, 0.25) is 0 Å². The highest BCUT2D eigenvalue weighted by Gasteiger charge is 2.56. The van der Waals surface area contributed by atoms with Crippen LogP contribution in [-0.2, 0) is 18.3 Å². The molecule has 144 valence electrons. The van der Waals surface area contributed by atoms with Crippen LogP contribution < -0.4 is 0 Å². The van der Waals surface area contributed by atoms with Crippen molar-refractivity contribution < 1.29 is 9.90 Å². The van der Waals surface area contributed by atoms with Crippen LogP contribution in [0.4, 0.5) is 5.69 Å². The normalized spacial score (nSPS) is 26.7. The summed E-state index contributed by atoms with van der Waals surface area (Å²) < 4.78 is 0. The van der Waals surface area contributed by atoms with E-state index in [1.54, 1.807) is 6.07 Å². The fraction of sp³-hybridized carbons (Fsp3) is 0.417. The number of carbonyl (C=O) groups excluding carboxylic acids is 1. The minimum absolute atomic E-state index is 0.0630. The zero-order valence-electron chi connectivity index (χ0n) is 16.7. The van der Waals surface area contributed by atoms with E-state index in [9.17, 15) is 9.90 Å². The van der Waals surface area contributed by atoms with Crippen LogP contribution in [0.1, 0.15) is 54.2 Å². The van der Waals surface area contributed by atoms with Crippen molar-refractivity contribution in [2.24, 2.45) is 10.4 Å². The average Bonchev–Trinajstić information content (AvgIpc) is 3.13. The van der Waals surface area contributed by atoms with Crippen molar-refractivity contribution >= 4 is 17.8 Å². The highest BCUT2D eigenvalue weighted by molar-refractivity contribution is 5.96. The van der Waals surface area contributed by atoms with Crippen LogP contribution in [0, 0.1) is 5.41 Å². The summed E-state index contributed by atoms with van der Waals surface area (Å²) in [7, 11) is 0. The first kappa shape index (κ1) is 17.5. The highest BCUT2D eigenvalue weighted by Crippen LogP contribution is 2.56. The van der Waals surface area contributed by atoms with E-state index in [1.807, 2.05) is 36.5 Å². The summed E-state index contributed by atoms with van der Waals surface area (Å²) in [6.45, 7) is 7.60. The van der Waals surface area contributed by atoms with Crippen molar-refractivity contribution in [3.05, 3.63) is 58.7 Å². The van der Waals surface area contributed by atoms with Gasteiger partial charge in [0, 0.05) is 36.2 Å². The lowest BCUT2D eigenvalue weighted by atomic mass is 9.51. The van der Waals surface area contributed by atoms with E-state index >= 15 is 0 Å². The van der Waals surface area contributed by atoms with Crippen molar-refractivity contribution in [2.75, 3.05) is 6.54 Å². The number of hydrogen-bond acceptors (Lipinski definition) is 3. The standard InChI is InChI=1S/C24H26N2O2/c1-23(2)21-13-15-4-6-18(27)14-19(15)24(23,3)9-11-26(21)22(28)17-5-7-20-16(12-17)8-10-25-20/h4-7,10,12,14,21,27H,8-9,11,13H2,1-3H3/t21-,24+/m0/s1. The van der Waals surface area contributed by atoms with E-state index in [4.69, 9.17) is 0 Å². The molecule has 2 bridgehead atoms. The molecule has 1 N–H and O–H groups in total.